The highest BCUT2D eigenvalue weighted by atomic mass is 16.7. The van der Waals surface area contributed by atoms with E-state index in [0.29, 0.717) is 17.4 Å². The van der Waals surface area contributed by atoms with Crippen molar-refractivity contribution in [2.24, 2.45) is 0 Å². The average molecular weight is 1070 g/mol. The number of allylic oxidation sites excluding steroid dienone is 10. The van der Waals surface area contributed by atoms with Crippen LogP contribution in [0, 0.1) is 0 Å². The van der Waals surface area contributed by atoms with Crippen LogP contribution in [0.3, 0.4) is 0 Å². The van der Waals surface area contributed by atoms with Crippen LogP contribution in [0.1, 0.15) is 290 Å². The van der Waals surface area contributed by atoms with Gasteiger partial charge in [0, 0.05) is 12.8 Å². The summed E-state index contributed by atoms with van der Waals surface area (Å²) in [4.78, 5) is 37.5. The van der Waals surface area contributed by atoms with E-state index >= 15 is 0 Å². The molecule has 0 aliphatic carbocycles. The van der Waals surface area contributed by atoms with E-state index in [0.717, 1.165) is 70.6 Å². The maximum Gasteiger partial charge on any atom is 0.361 e. The van der Waals surface area contributed by atoms with Gasteiger partial charge in [-0.1, -0.05) is 280 Å². The number of quaternary nitrogens is 1. The number of hydrogen-bond donors (Lipinski definition) is 1. The van der Waals surface area contributed by atoms with Crippen LogP contribution >= 0.6 is 0 Å². The third kappa shape index (κ3) is 58.7. The molecule has 1 N–H and O–H groups in total. The van der Waals surface area contributed by atoms with Crippen LogP contribution in [-0.2, 0) is 33.3 Å². The van der Waals surface area contributed by atoms with Crippen LogP contribution in [0.5, 0.6) is 0 Å². The molecular formula is C67H122NO8+. The Morgan fingerprint density at radius 2 is 0.750 bits per heavy atom. The number of rotatable bonds is 59. The number of unbranched alkanes of at least 4 members (excludes halogenated alkanes) is 34. The van der Waals surface area contributed by atoms with Crippen LogP contribution in [0.4, 0.5) is 0 Å². The van der Waals surface area contributed by atoms with Crippen molar-refractivity contribution in [1.29, 1.82) is 0 Å². The number of carboxylic acids is 1. The van der Waals surface area contributed by atoms with Crippen molar-refractivity contribution in [2.75, 3.05) is 47.5 Å². The van der Waals surface area contributed by atoms with Crippen LogP contribution in [0.25, 0.3) is 0 Å². The molecule has 76 heavy (non-hydrogen) atoms. The lowest BCUT2D eigenvalue weighted by Crippen LogP contribution is -2.40. The molecule has 2 atom stereocenters. The third-order valence-electron chi connectivity index (χ3n) is 14.0. The first-order chi connectivity index (χ1) is 37.1. The van der Waals surface area contributed by atoms with Crippen LogP contribution < -0.4 is 0 Å². The number of likely N-dealkylation sites (N-methyl/N-ethyl adjacent to an activating group) is 1. The van der Waals surface area contributed by atoms with Crippen molar-refractivity contribution < 1.29 is 42.9 Å². The largest absolute Gasteiger partial charge is 0.477 e. The number of nitrogens with zero attached hydrogens (tertiary/aromatic N) is 1. The summed E-state index contributed by atoms with van der Waals surface area (Å²) in [5.74, 6) is -1.99. The Labute approximate surface area is 469 Å². The van der Waals surface area contributed by atoms with E-state index in [1.165, 1.54) is 193 Å². The van der Waals surface area contributed by atoms with Crippen LogP contribution in [0.2, 0.25) is 0 Å². The molecule has 0 bridgehead atoms. The molecule has 0 spiro atoms. The van der Waals surface area contributed by atoms with E-state index in [1.54, 1.807) is 0 Å². The van der Waals surface area contributed by atoms with Crippen LogP contribution in [-0.4, -0.2) is 87.4 Å². The smallest absolute Gasteiger partial charge is 0.361 e. The number of esters is 2. The molecule has 0 saturated heterocycles. The van der Waals surface area contributed by atoms with Gasteiger partial charge in [0.05, 0.1) is 34.4 Å². The Bertz CT molecular complexity index is 1430. The minimum absolute atomic E-state index is 0.178. The fourth-order valence-corrected chi connectivity index (χ4v) is 9.16. The predicted octanol–water partition coefficient (Wildman–Crippen LogP) is 19.2. The van der Waals surface area contributed by atoms with Gasteiger partial charge in [-0.3, -0.25) is 9.59 Å². The van der Waals surface area contributed by atoms with Gasteiger partial charge in [0.15, 0.2) is 6.10 Å². The Kier molecular flexibility index (Phi) is 55.8. The molecule has 0 aromatic rings. The predicted molar refractivity (Wildman–Crippen MR) is 323 cm³/mol. The lowest BCUT2D eigenvalue weighted by Gasteiger charge is -2.25. The highest BCUT2D eigenvalue weighted by Crippen LogP contribution is 2.18. The number of aliphatic carboxylic acids is 1. The van der Waals surface area contributed by atoms with Crippen molar-refractivity contribution in [3.63, 3.8) is 0 Å². The van der Waals surface area contributed by atoms with Crippen molar-refractivity contribution >= 4 is 17.9 Å². The zero-order chi connectivity index (χ0) is 55.5. The quantitative estimate of drug-likeness (QED) is 0.0211. The Morgan fingerprint density at radius 3 is 1.12 bits per heavy atom. The molecule has 0 heterocycles. The number of carbonyl (C=O) groups excluding carboxylic acids is 2. The minimum Gasteiger partial charge on any atom is -0.477 e. The molecule has 0 saturated carbocycles. The molecule has 9 nitrogen and oxygen atoms in total. The van der Waals surface area contributed by atoms with Gasteiger partial charge in [0.2, 0.25) is 0 Å². The third-order valence-corrected chi connectivity index (χ3v) is 14.0. The highest BCUT2D eigenvalue weighted by molar-refractivity contribution is 5.71. The van der Waals surface area contributed by atoms with Gasteiger partial charge in [0.25, 0.3) is 6.29 Å². The Morgan fingerprint density at radius 1 is 0.408 bits per heavy atom. The first kappa shape index (κ1) is 73.0. The van der Waals surface area contributed by atoms with E-state index in [1.807, 2.05) is 21.1 Å². The molecule has 0 radical (unpaired) electrons. The Balaban J connectivity index is 4.10. The molecule has 2 unspecified atom stereocenters. The summed E-state index contributed by atoms with van der Waals surface area (Å²) in [6.07, 6.45) is 71.7. The molecule has 0 rings (SSSR count). The molecule has 442 valence electrons. The van der Waals surface area contributed by atoms with E-state index in [2.05, 4.69) is 74.6 Å². The van der Waals surface area contributed by atoms with Gasteiger partial charge in [0.1, 0.15) is 13.2 Å². The molecule has 0 aliphatic rings. The highest BCUT2D eigenvalue weighted by Gasteiger charge is 2.25. The standard InChI is InChI=1S/C67H121NO8/c1-6-8-10-12-14-16-18-20-22-24-26-27-28-29-30-31-32-33-34-35-36-37-38-39-40-42-44-46-48-50-52-54-56-58-65(70)76-63(62-75-67(66(71)72)73-60-59-68(3,4)5)61-74-64(69)57-55-53-51-49-47-45-43-41-25-23-21-19-17-15-13-11-9-7-2/h8,10,14,16,20,22,26-27,29-30,63,67H,6-7,9,11-13,15,17-19,21,23-25,28,31-62H2,1-5H3/p+1/b10-8-,16-14-,22-20-,27-26-,30-29-. The number of hydrogen-bond acceptors (Lipinski definition) is 7. The van der Waals surface area contributed by atoms with Gasteiger partial charge in [-0.2, -0.15) is 0 Å². The molecule has 0 aromatic carbocycles. The first-order valence-corrected chi connectivity index (χ1v) is 32.0. The molecule has 0 amide bonds. The molecule has 0 aliphatic heterocycles. The summed E-state index contributed by atoms with van der Waals surface area (Å²) in [5, 5.41) is 9.72. The summed E-state index contributed by atoms with van der Waals surface area (Å²) in [5.41, 5.74) is 0. The molecular weight excluding hydrogens is 947 g/mol. The maximum atomic E-state index is 12.9. The molecule has 0 fully saturated rings. The van der Waals surface area contributed by atoms with Crippen LogP contribution in [0.15, 0.2) is 60.8 Å². The van der Waals surface area contributed by atoms with Crippen molar-refractivity contribution in [3.8, 4) is 0 Å². The van der Waals surface area contributed by atoms with Crippen molar-refractivity contribution in [2.45, 2.75) is 302 Å². The average Bonchev–Trinajstić information content (AvgIpc) is 3.39. The van der Waals surface area contributed by atoms with E-state index < -0.39 is 18.4 Å². The lowest BCUT2D eigenvalue weighted by atomic mass is 10.0. The fourth-order valence-electron chi connectivity index (χ4n) is 9.16. The lowest BCUT2D eigenvalue weighted by molar-refractivity contribution is -0.870. The van der Waals surface area contributed by atoms with Gasteiger partial charge >= 0.3 is 17.9 Å². The van der Waals surface area contributed by atoms with Gasteiger partial charge in [-0.05, 0) is 57.8 Å². The second kappa shape index (κ2) is 58.1. The number of carbonyl (C=O) groups is 3. The zero-order valence-corrected chi connectivity index (χ0v) is 50.4. The van der Waals surface area contributed by atoms with E-state index in [4.69, 9.17) is 18.9 Å². The maximum absolute atomic E-state index is 12.9. The van der Waals surface area contributed by atoms with E-state index in [-0.39, 0.29) is 38.2 Å². The number of ether oxygens (including phenoxy) is 4. The molecule has 0 aromatic heterocycles. The minimum atomic E-state index is -1.51. The van der Waals surface area contributed by atoms with Gasteiger partial charge < -0.3 is 28.5 Å². The zero-order valence-electron chi connectivity index (χ0n) is 50.4. The monoisotopic (exact) mass is 1070 g/mol. The van der Waals surface area contributed by atoms with Gasteiger partial charge in [-0.15, -0.1) is 0 Å². The second-order valence-corrected chi connectivity index (χ2v) is 22.7. The first-order valence-electron chi connectivity index (χ1n) is 32.0. The van der Waals surface area contributed by atoms with E-state index in [9.17, 15) is 19.5 Å². The van der Waals surface area contributed by atoms with Crippen molar-refractivity contribution in [3.05, 3.63) is 60.8 Å². The topological polar surface area (TPSA) is 108 Å². The normalized spacial score (nSPS) is 13.1. The van der Waals surface area contributed by atoms with Crippen molar-refractivity contribution in [1.82, 2.24) is 0 Å². The summed E-state index contributed by atoms with van der Waals surface area (Å²) in [7, 11) is 5.98. The molecule has 9 heteroatoms. The summed E-state index contributed by atoms with van der Waals surface area (Å²) < 4.78 is 22.9. The SMILES string of the molecule is CC/C=C\C/C=C\C/C=C\C/C=C\C/C=C\CCCCCCCCCCCCCCCCCCCC(=O)OC(COC(=O)CCCCCCCCCCCCCCCCCCCC)COC(OCC[N+](C)(C)C)C(=O)O. The number of carboxylic acid groups (broad SMARTS) is 1. The Hall–Kier alpha value is -3.01. The van der Waals surface area contributed by atoms with Gasteiger partial charge in [-0.25, -0.2) is 4.79 Å². The summed E-state index contributed by atoms with van der Waals surface area (Å²) in [6.45, 7) is 4.81. The fraction of sp³-hybridized carbons (Fsp3) is 0.806. The summed E-state index contributed by atoms with van der Waals surface area (Å²) in [6, 6.07) is 0. The second-order valence-electron chi connectivity index (χ2n) is 22.7. The summed E-state index contributed by atoms with van der Waals surface area (Å²) >= 11 is 0.